The van der Waals surface area contributed by atoms with Gasteiger partial charge < -0.3 is 10.1 Å². The number of anilines is 1. The minimum Gasteiger partial charge on any atom is -0.466 e. The third kappa shape index (κ3) is 4.45. The Kier molecular flexibility index (Phi) is 5.44. The summed E-state index contributed by atoms with van der Waals surface area (Å²) in [7, 11) is 1.25. The van der Waals surface area contributed by atoms with E-state index in [1.807, 2.05) is 0 Å². The van der Waals surface area contributed by atoms with Gasteiger partial charge in [0, 0.05) is 12.1 Å². The molecule has 0 spiro atoms. The quantitative estimate of drug-likeness (QED) is 0.677. The Bertz CT molecular complexity index is 527. The van der Waals surface area contributed by atoms with Gasteiger partial charge in [-0.2, -0.15) is 13.2 Å². The van der Waals surface area contributed by atoms with E-state index < -0.39 is 17.7 Å². The largest absolute Gasteiger partial charge is 0.466 e. The molecule has 0 fully saturated rings. The van der Waals surface area contributed by atoms with Crippen LogP contribution in [0, 0.1) is 0 Å². The van der Waals surface area contributed by atoms with Crippen LogP contribution in [0.15, 0.2) is 29.8 Å². The van der Waals surface area contributed by atoms with Crippen LogP contribution in [-0.2, 0) is 15.7 Å². The van der Waals surface area contributed by atoms with Crippen molar-refractivity contribution in [1.29, 1.82) is 0 Å². The van der Waals surface area contributed by atoms with Gasteiger partial charge in [0.1, 0.15) is 0 Å². The zero-order valence-corrected chi connectivity index (χ0v) is 11.6. The molecule has 3 nitrogen and oxygen atoms in total. The normalized spacial score (nSPS) is 12.2. The summed E-state index contributed by atoms with van der Waals surface area (Å²) in [5, 5.41) is 2.89. The van der Waals surface area contributed by atoms with Crippen LogP contribution in [0.5, 0.6) is 0 Å². The lowest BCUT2D eigenvalue weighted by Crippen LogP contribution is -2.08. The lowest BCUT2D eigenvalue weighted by atomic mass is 10.2. The lowest BCUT2D eigenvalue weighted by Gasteiger charge is -2.11. The fourth-order valence-electron chi connectivity index (χ4n) is 1.40. The maximum atomic E-state index is 12.6. The molecule has 0 aliphatic rings. The number of methoxy groups -OCH3 is 1. The van der Waals surface area contributed by atoms with Crippen molar-refractivity contribution in [3.8, 4) is 0 Å². The van der Waals surface area contributed by atoms with Gasteiger partial charge in [-0.25, -0.2) is 4.79 Å². The van der Waals surface area contributed by atoms with Crippen LogP contribution in [0.1, 0.15) is 12.5 Å². The van der Waals surface area contributed by atoms with Crippen molar-refractivity contribution in [1.82, 2.24) is 0 Å². The van der Waals surface area contributed by atoms with Crippen molar-refractivity contribution in [3.05, 3.63) is 40.4 Å². The van der Waals surface area contributed by atoms with Crippen LogP contribution in [0.3, 0.4) is 0 Å². The number of rotatable bonds is 4. The average molecular weight is 308 g/mol. The third-order valence-corrected chi connectivity index (χ3v) is 2.83. The van der Waals surface area contributed by atoms with E-state index >= 15 is 0 Å². The van der Waals surface area contributed by atoms with Gasteiger partial charge in [-0.1, -0.05) is 17.7 Å². The lowest BCUT2D eigenvalue weighted by molar-refractivity contribution is -0.137. The molecule has 1 N–H and O–H groups in total. The number of carbonyl (C=O) groups is 1. The highest BCUT2D eigenvalue weighted by Gasteiger charge is 2.30. The Labute approximate surface area is 119 Å². The van der Waals surface area contributed by atoms with E-state index in [0.717, 1.165) is 12.1 Å². The minimum atomic E-state index is -4.43. The smallest absolute Gasteiger partial charge is 0.416 e. The molecule has 1 aromatic carbocycles. The molecule has 0 aliphatic carbocycles. The second kappa shape index (κ2) is 6.65. The molecule has 7 heteroatoms. The topological polar surface area (TPSA) is 38.3 Å². The van der Waals surface area contributed by atoms with Crippen molar-refractivity contribution in [2.75, 3.05) is 19.0 Å². The van der Waals surface area contributed by atoms with Gasteiger partial charge in [0.25, 0.3) is 0 Å². The molecule has 0 heterocycles. The number of hydrogen-bond acceptors (Lipinski definition) is 3. The SMILES string of the molecule is COC(=O)/C(C)=C/CNc1cc(C(F)(F)F)ccc1Cl. The van der Waals surface area contributed by atoms with Gasteiger partial charge in [0.15, 0.2) is 0 Å². The average Bonchev–Trinajstić information content (AvgIpc) is 2.38. The molecule has 0 unspecified atom stereocenters. The fraction of sp³-hybridized carbons (Fsp3) is 0.308. The number of carbonyl (C=O) groups excluding carboxylic acids is 1. The van der Waals surface area contributed by atoms with Gasteiger partial charge in [0.2, 0.25) is 0 Å². The van der Waals surface area contributed by atoms with Crippen LogP contribution in [0.25, 0.3) is 0 Å². The first-order chi connectivity index (χ1) is 9.25. The molecule has 1 aromatic rings. The molecule has 0 saturated heterocycles. The maximum Gasteiger partial charge on any atom is 0.416 e. The van der Waals surface area contributed by atoms with E-state index in [1.165, 1.54) is 19.3 Å². The van der Waals surface area contributed by atoms with Crippen LogP contribution >= 0.6 is 11.6 Å². The monoisotopic (exact) mass is 307 g/mol. The summed E-state index contributed by atoms with van der Waals surface area (Å²) in [5.74, 6) is -0.498. The van der Waals surface area contributed by atoms with Gasteiger partial charge >= 0.3 is 12.1 Å². The molecule has 0 radical (unpaired) electrons. The van der Waals surface area contributed by atoms with Crippen molar-refractivity contribution >= 4 is 23.3 Å². The van der Waals surface area contributed by atoms with E-state index in [1.54, 1.807) is 6.92 Å². The zero-order valence-electron chi connectivity index (χ0n) is 10.8. The molecular weight excluding hydrogens is 295 g/mol. The first-order valence-electron chi connectivity index (χ1n) is 5.61. The summed E-state index contributed by atoms with van der Waals surface area (Å²) in [6, 6.07) is 3.00. The Hall–Kier alpha value is -1.69. The van der Waals surface area contributed by atoms with Crippen molar-refractivity contribution in [3.63, 3.8) is 0 Å². The number of hydrogen-bond donors (Lipinski definition) is 1. The first kappa shape index (κ1) is 16.4. The molecule has 20 heavy (non-hydrogen) atoms. The van der Waals surface area contributed by atoms with Gasteiger partial charge in [-0.05, 0) is 25.1 Å². The summed E-state index contributed by atoms with van der Waals surface area (Å²) >= 11 is 5.81. The number of benzene rings is 1. The molecule has 0 saturated carbocycles. The molecule has 0 amide bonds. The van der Waals surface area contributed by atoms with E-state index in [9.17, 15) is 18.0 Å². The predicted octanol–water partition coefficient (Wildman–Crippen LogP) is 3.89. The summed E-state index contributed by atoms with van der Waals surface area (Å²) in [6.07, 6.45) is -2.93. The summed E-state index contributed by atoms with van der Waals surface area (Å²) in [4.78, 5) is 11.1. The van der Waals surface area contributed by atoms with Gasteiger partial charge in [-0.3, -0.25) is 0 Å². The molecule has 1 rings (SSSR count). The van der Waals surface area contributed by atoms with Crippen LogP contribution < -0.4 is 5.32 Å². The highest BCUT2D eigenvalue weighted by Crippen LogP contribution is 2.33. The summed E-state index contributed by atoms with van der Waals surface area (Å²) < 4.78 is 42.2. The van der Waals surface area contributed by atoms with Crippen LogP contribution in [0.4, 0.5) is 18.9 Å². The highest BCUT2D eigenvalue weighted by atomic mass is 35.5. The molecular formula is C13H13ClF3NO2. The second-order valence-corrected chi connectivity index (χ2v) is 4.36. The fourth-order valence-corrected chi connectivity index (χ4v) is 1.58. The van der Waals surface area contributed by atoms with Crippen LogP contribution in [0.2, 0.25) is 5.02 Å². The number of ether oxygens (including phenoxy) is 1. The van der Waals surface area contributed by atoms with E-state index in [2.05, 4.69) is 10.1 Å². The van der Waals surface area contributed by atoms with Gasteiger partial charge in [0.05, 0.1) is 23.4 Å². The first-order valence-corrected chi connectivity index (χ1v) is 5.99. The van der Waals surface area contributed by atoms with E-state index in [-0.39, 0.29) is 17.3 Å². The standard InChI is InChI=1S/C13H13ClF3NO2/c1-8(12(19)20-2)5-6-18-11-7-9(13(15,16)17)3-4-10(11)14/h3-5,7,18H,6H2,1-2H3/b8-5+. The third-order valence-electron chi connectivity index (χ3n) is 2.50. The molecule has 0 aromatic heterocycles. The Balaban J connectivity index is 2.81. The number of halogens is 4. The highest BCUT2D eigenvalue weighted by molar-refractivity contribution is 6.33. The summed E-state index contributed by atoms with van der Waals surface area (Å²) in [6.45, 7) is 1.70. The van der Waals surface area contributed by atoms with Gasteiger partial charge in [-0.15, -0.1) is 0 Å². The number of esters is 1. The molecule has 0 aliphatic heterocycles. The van der Waals surface area contributed by atoms with E-state index in [4.69, 9.17) is 11.6 Å². The Morgan fingerprint density at radius 2 is 2.10 bits per heavy atom. The maximum absolute atomic E-state index is 12.6. The van der Waals surface area contributed by atoms with Crippen molar-refractivity contribution in [2.45, 2.75) is 13.1 Å². The predicted molar refractivity (Wildman–Crippen MR) is 70.7 cm³/mol. The minimum absolute atomic E-state index is 0.149. The van der Waals surface area contributed by atoms with Crippen molar-refractivity contribution < 1.29 is 22.7 Å². The number of alkyl halides is 3. The Morgan fingerprint density at radius 3 is 2.65 bits per heavy atom. The summed E-state index contributed by atoms with van der Waals surface area (Å²) in [5.41, 5.74) is -0.295. The van der Waals surface area contributed by atoms with E-state index in [0.29, 0.717) is 5.57 Å². The second-order valence-electron chi connectivity index (χ2n) is 3.95. The molecule has 0 bridgehead atoms. The zero-order chi connectivity index (χ0) is 15.3. The molecule has 110 valence electrons. The van der Waals surface area contributed by atoms with Crippen LogP contribution in [-0.4, -0.2) is 19.6 Å². The van der Waals surface area contributed by atoms with Crippen molar-refractivity contribution in [2.24, 2.45) is 0 Å². The molecule has 0 atom stereocenters. The number of nitrogens with one attached hydrogen (secondary N) is 1. The Morgan fingerprint density at radius 1 is 1.45 bits per heavy atom.